The van der Waals surface area contributed by atoms with Crippen LogP contribution in [0.5, 0.6) is 5.75 Å². The van der Waals surface area contributed by atoms with E-state index in [1.165, 1.54) is 7.11 Å². The Balaban J connectivity index is 2.11. The van der Waals surface area contributed by atoms with Gasteiger partial charge in [-0.25, -0.2) is 4.39 Å². The summed E-state index contributed by atoms with van der Waals surface area (Å²) in [6, 6.07) is 6.28. The first-order chi connectivity index (χ1) is 9.15. The van der Waals surface area contributed by atoms with E-state index >= 15 is 0 Å². The molecule has 1 aromatic rings. The highest BCUT2D eigenvalue weighted by molar-refractivity contribution is 5.31. The van der Waals surface area contributed by atoms with Crippen LogP contribution in [0, 0.1) is 5.82 Å². The molecule has 0 amide bonds. The maximum Gasteiger partial charge on any atom is 0.169 e. The van der Waals surface area contributed by atoms with Gasteiger partial charge in [-0.05, 0) is 19.4 Å². The standard InChI is InChI=1S/C15H23FN2O/c1-4-13-10-18(11(2)8-17-13)9-12-6-5-7-14(19-3)15(12)16/h5-7,11,13,17H,4,8-10H2,1-3H3. The van der Waals surface area contributed by atoms with Gasteiger partial charge in [-0.3, -0.25) is 4.90 Å². The summed E-state index contributed by atoms with van der Waals surface area (Å²) in [6.45, 7) is 6.93. The lowest BCUT2D eigenvalue weighted by Crippen LogP contribution is -2.54. The zero-order valence-electron chi connectivity index (χ0n) is 11.9. The average Bonchev–Trinajstić information content (AvgIpc) is 2.43. The molecule has 0 spiro atoms. The number of ether oxygens (including phenoxy) is 1. The average molecular weight is 266 g/mol. The molecule has 1 aliphatic heterocycles. The van der Waals surface area contributed by atoms with Crippen molar-refractivity contribution in [1.29, 1.82) is 0 Å². The molecular weight excluding hydrogens is 243 g/mol. The summed E-state index contributed by atoms with van der Waals surface area (Å²) in [5.41, 5.74) is 0.711. The molecule has 0 aromatic heterocycles. The Hall–Kier alpha value is -1.13. The lowest BCUT2D eigenvalue weighted by Gasteiger charge is -2.38. The highest BCUT2D eigenvalue weighted by Crippen LogP contribution is 2.22. The fourth-order valence-corrected chi connectivity index (χ4v) is 2.54. The lowest BCUT2D eigenvalue weighted by atomic mass is 10.1. The number of nitrogens with zero attached hydrogens (tertiary/aromatic N) is 1. The molecule has 0 saturated carbocycles. The van der Waals surface area contributed by atoms with Gasteiger partial charge in [0, 0.05) is 37.3 Å². The Morgan fingerprint density at radius 2 is 2.26 bits per heavy atom. The number of hydrogen-bond acceptors (Lipinski definition) is 3. The molecule has 1 aliphatic rings. The molecule has 1 aromatic carbocycles. The molecule has 3 nitrogen and oxygen atoms in total. The molecule has 4 heteroatoms. The van der Waals surface area contributed by atoms with Crippen molar-refractivity contribution in [3.63, 3.8) is 0 Å². The molecule has 2 rings (SSSR count). The molecule has 1 saturated heterocycles. The summed E-state index contributed by atoms with van der Waals surface area (Å²) in [5, 5.41) is 3.51. The monoisotopic (exact) mass is 266 g/mol. The van der Waals surface area contributed by atoms with Crippen molar-refractivity contribution in [3.05, 3.63) is 29.6 Å². The van der Waals surface area contributed by atoms with Gasteiger partial charge in [0.15, 0.2) is 11.6 Å². The Kier molecular flexibility index (Phi) is 4.77. The van der Waals surface area contributed by atoms with Crippen molar-refractivity contribution in [2.45, 2.75) is 38.9 Å². The van der Waals surface area contributed by atoms with E-state index in [2.05, 4.69) is 24.1 Å². The Morgan fingerprint density at radius 1 is 1.47 bits per heavy atom. The van der Waals surface area contributed by atoms with Gasteiger partial charge >= 0.3 is 0 Å². The van der Waals surface area contributed by atoms with Crippen LogP contribution >= 0.6 is 0 Å². The van der Waals surface area contributed by atoms with Gasteiger partial charge < -0.3 is 10.1 Å². The van der Waals surface area contributed by atoms with E-state index in [4.69, 9.17) is 4.74 Å². The zero-order chi connectivity index (χ0) is 13.8. The van der Waals surface area contributed by atoms with Crippen LogP contribution in [0.15, 0.2) is 18.2 Å². The van der Waals surface area contributed by atoms with E-state index in [1.54, 1.807) is 6.07 Å². The van der Waals surface area contributed by atoms with Crippen LogP contribution < -0.4 is 10.1 Å². The number of hydrogen-bond donors (Lipinski definition) is 1. The van der Waals surface area contributed by atoms with Gasteiger partial charge in [0.05, 0.1) is 7.11 Å². The van der Waals surface area contributed by atoms with E-state index in [0.29, 0.717) is 29.9 Å². The van der Waals surface area contributed by atoms with E-state index < -0.39 is 0 Å². The van der Waals surface area contributed by atoms with Crippen molar-refractivity contribution < 1.29 is 9.13 Å². The Bertz CT molecular complexity index is 425. The van der Waals surface area contributed by atoms with E-state index in [0.717, 1.165) is 19.5 Å². The molecule has 2 unspecified atom stereocenters. The number of nitrogens with one attached hydrogen (secondary N) is 1. The van der Waals surface area contributed by atoms with Crippen molar-refractivity contribution in [2.75, 3.05) is 20.2 Å². The molecule has 106 valence electrons. The van der Waals surface area contributed by atoms with E-state index in [-0.39, 0.29) is 5.82 Å². The van der Waals surface area contributed by atoms with Crippen LogP contribution in [0.2, 0.25) is 0 Å². The minimum Gasteiger partial charge on any atom is -0.494 e. The highest BCUT2D eigenvalue weighted by Gasteiger charge is 2.24. The molecule has 1 heterocycles. The van der Waals surface area contributed by atoms with Gasteiger partial charge in [-0.2, -0.15) is 0 Å². The second-order valence-corrected chi connectivity index (χ2v) is 5.23. The van der Waals surface area contributed by atoms with Crippen LogP contribution in [0.25, 0.3) is 0 Å². The maximum absolute atomic E-state index is 14.2. The predicted octanol–water partition coefficient (Wildman–Crippen LogP) is 2.41. The first kappa shape index (κ1) is 14.3. The summed E-state index contributed by atoms with van der Waals surface area (Å²) < 4.78 is 19.2. The lowest BCUT2D eigenvalue weighted by molar-refractivity contribution is 0.130. The SMILES string of the molecule is CCC1CN(Cc2cccc(OC)c2F)C(C)CN1. The fourth-order valence-electron chi connectivity index (χ4n) is 2.54. The zero-order valence-corrected chi connectivity index (χ0v) is 11.9. The number of methoxy groups -OCH3 is 1. The highest BCUT2D eigenvalue weighted by atomic mass is 19.1. The largest absolute Gasteiger partial charge is 0.494 e. The first-order valence-electron chi connectivity index (χ1n) is 6.94. The van der Waals surface area contributed by atoms with Gasteiger partial charge in [0.1, 0.15) is 0 Å². The van der Waals surface area contributed by atoms with Crippen molar-refractivity contribution >= 4 is 0 Å². The first-order valence-corrected chi connectivity index (χ1v) is 6.94. The molecule has 2 atom stereocenters. The fraction of sp³-hybridized carbons (Fsp3) is 0.600. The number of halogens is 1. The topological polar surface area (TPSA) is 24.5 Å². The number of benzene rings is 1. The van der Waals surface area contributed by atoms with Gasteiger partial charge in [-0.1, -0.05) is 19.1 Å². The summed E-state index contributed by atoms with van der Waals surface area (Å²) in [4.78, 5) is 2.34. The second kappa shape index (κ2) is 6.35. The van der Waals surface area contributed by atoms with Crippen LogP contribution in [0.3, 0.4) is 0 Å². The predicted molar refractivity (Wildman–Crippen MR) is 74.9 cm³/mol. The van der Waals surface area contributed by atoms with Gasteiger partial charge in [0.25, 0.3) is 0 Å². The molecule has 0 aliphatic carbocycles. The molecule has 1 fully saturated rings. The minimum atomic E-state index is -0.233. The van der Waals surface area contributed by atoms with Crippen LogP contribution in [0.4, 0.5) is 4.39 Å². The third-order valence-corrected chi connectivity index (χ3v) is 3.91. The summed E-state index contributed by atoms with van der Waals surface area (Å²) >= 11 is 0. The normalized spacial score (nSPS) is 24.4. The molecular formula is C15H23FN2O. The van der Waals surface area contributed by atoms with E-state index in [1.807, 2.05) is 12.1 Å². The summed E-state index contributed by atoms with van der Waals surface area (Å²) in [6.07, 6.45) is 1.10. The van der Waals surface area contributed by atoms with Gasteiger partial charge in [-0.15, -0.1) is 0 Å². The third kappa shape index (κ3) is 3.25. The van der Waals surface area contributed by atoms with Crippen LogP contribution in [-0.2, 0) is 6.54 Å². The Morgan fingerprint density at radius 3 is 2.95 bits per heavy atom. The van der Waals surface area contributed by atoms with Crippen molar-refractivity contribution in [1.82, 2.24) is 10.2 Å². The summed E-state index contributed by atoms with van der Waals surface area (Å²) in [7, 11) is 1.50. The molecule has 19 heavy (non-hydrogen) atoms. The quantitative estimate of drug-likeness (QED) is 0.905. The molecule has 0 radical (unpaired) electrons. The van der Waals surface area contributed by atoms with Crippen LogP contribution in [0.1, 0.15) is 25.8 Å². The van der Waals surface area contributed by atoms with Crippen LogP contribution in [-0.4, -0.2) is 37.2 Å². The second-order valence-electron chi connectivity index (χ2n) is 5.23. The molecule has 0 bridgehead atoms. The molecule has 1 N–H and O–H groups in total. The maximum atomic E-state index is 14.2. The van der Waals surface area contributed by atoms with Gasteiger partial charge in [0.2, 0.25) is 0 Å². The third-order valence-electron chi connectivity index (χ3n) is 3.91. The van der Waals surface area contributed by atoms with E-state index in [9.17, 15) is 4.39 Å². The smallest absolute Gasteiger partial charge is 0.169 e. The Labute approximate surface area is 114 Å². The number of piperazine rings is 1. The van der Waals surface area contributed by atoms with Crippen molar-refractivity contribution in [3.8, 4) is 5.75 Å². The minimum absolute atomic E-state index is 0.233. The number of rotatable bonds is 4. The summed E-state index contributed by atoms with van der Waals surface area (Å²) in [5.74, 6) is 0.0936. The van der Waals surface area contributed by atoms with Crippen molar-refractivity contribution in [2.24, 2.45) is 0 Å².